The van der Waals surface area contributed by atoms with E-state index in [9.17, 15) is 0 Å². The Kier molecular flexibility index (Phi) is 4.33. The van der Waals surface area contributed by atoms with Gasteiger partial charge in [0.1, 0.15) is 5.75 Å². The third-order valence-electron chi connectivity index (χ3n) is 1.85. The Hall–Kier alpha value is -1.40. The molecule has 1 aromatic carbocycles. The summed E-state index contributed by atoms with van der Waals surface area (Å²) in [5.74, 6) is 0.592. The summed E-state index contributed by atoms with van der Waals surface area (Å²) < 4.78 is 11.5. The highest BCUT2D eigenvalue weighted by molar-refractivity contribution is 9.10. The molecular weight excluding hydrogens is 321 g/mol. The summed E-state index contributed by atoms with van der Waals surface area (Å²) in [5, 5.41) is 0.0263. The van der Waals surface area contributed by atoms with E-state index in [4.69, 9.17) is 21.1 Å². The fraction of sp³-hybridized carbons (Fsp3) is 0.182. The SMILES string of the molecule is CCOc1nc(Cl)nc(Oc2cccc(Br)c2)n1. The van der Waals surface area contributed by atoms with Gasteiger partial charge in [-0.2, -0.15) is 9.97 Å². The minimum atomic E-state index is 0.0263. The van der Waals surface area contributed by atoms with E-state index in [1.54, 1.807) is 12.1 Å². The number of rotatable bonds is 4. The molecule has 0 aliphatic heterocycles. The molecule has 0 aliphatic rings. The first-order valence-electron chi connectivity index (χ1n) is 5.15. The van der Waals surface area contributed by atoms with E-state index in [0.717, 1.165) is 4.47 Å². The van der Waals surface area contributed by atoms with Gasteiger partial charge in [0, 0.05) is 4.47 Å². The van der Waals surface area contributed by atoms with Crippen LogP contribution in [0.25, 0.3) is 0 Å². The van der Waals surface area contributed by atoms with Crippen LogP contribution in [0.1, 0.15) is 6.92 Å². The van der Waals surface area contributed by atoms with Crippen LogP contribution >= 0.6 is 27.5 Å². The highest BCUT2D eigenvalue weighted by Crippen LogP contribution is 2.23. The van der Waals surface area contributed by atoms with Crippen molar-refractivity contribution in [1.29, 1.82) is 0 Å². The molecule has 0 radical (unpaired) electrons. The minimum absolute atomic E-state index is 0.0263. The van der Waals surface area contributed by atoms with Gasteiger partial charge in [-0.05, 0) is 36.7 Å². The van der Waals surface area contributed by atoms with Gasteiger partial charge in [-0.15, -0.1) is 4.98 Å². The molecular formula is C11H9BrClN3O2. The molecule has 0 atom stereocenters. The Morgan fingerprint density at radius 3 is 2.72 bits per heavy atom. The number of halogens is 2. The Bertz CT molecular complexity index is 554. The second kappa shape index (κ2) is 5.97. The highest BCUT2D eigenvalue weighted by atomic mass is 79.9. The van der Waals surface area contributed by atoms with Gasteiger partial charge in [0.05, 0.1) is 6.61 Å². The van der Waals surface area contributed by atoms with E-state index in [1.807, 2.05) is 19.1 Å². The topological polar surface area (TPSA) is 57.1 Å². The third-order valence-corrected chi connectivity index (χ3v) is 2.51. The van der Waals surface area contributed by atoms with E-state index in [-0.39, 0.29) is 17.3 Å². The molecule has 0 bridgehead atoms. The van der Waals surface area contributed by atoms with Crippen LogP contribution in [0, 0.1) is 0 Å². The Labute approximate surface area is 117 Å². The lowest BCUT2D eigenvalue weighted by Crippen LogP contribution is -2.01. The molecule has 0 fully saturated rings. The summed E-state index contributed by atoms with van der Waals surface area (Å²) in [6.45, 7) is 2.27. The zero-order valence-electron chi connectivity index (χ0n) is 9.43. The van der Waals surface area contributed by atoms with Crippen molar-refractivity contribution in [2.24, 2.45) is 0 Å². The van der Waals surface area contributed by atoms with Gasteiger partial charge in [-0.3, -0.25) is 0 Å². The van der Waals surface area contributed by atoms with Crippen molar-refractivity contribution in [3.63, 3.8) is 0 Å². The molecule has 0 saturated heterocycles. The average molecular weight is 331 g/mol. The molecule has 5 nitrogen and oxygen atoms in total. The predicted octanol–water partition coefficient (Wildman–Crippen LogP) is 3.48. The Morgan fingerprint density at radius 1 is 1.22 bits per heavy atom. The standard InChI is InChI=1S/C11H9BrClN3O2/c1-2-17-10-14-9(13)15-11(16-10)18-8-5-3-4-7(12)6-8/h3-6H,2H2,1H3. The predicted molar refractivity (Wildman–Crippen MR) is 70.2 cm³/mol. The van der Waals surface area contributed by atoms with Crippen LogP contribution in [0.2, 0.25) is 5.28 Å². The first kappa shape index (κ1) is 13.0. The fourth-order valence-electron chi connectivity index (χ4n) is 1.19. The first-order chi connectivity index (χ1) is 8.67. The molecule has 1 aromatic heterocycles. The molecule has 2 aromatic rings. The molecule has 94 valence electrons. The number of aromatic nitrogens is 3. The van der Waals surface area contributed by atoms with Crippen LogP contribution in [0.3, 0.4) is 0 Å². The summed E-state index contributed by atoms with van der Waals surface area (Å²) in [5.41, 5.74) is 0. The number of ether oxygens (including phenoxy) is 2. The van der Waals surface area contributed by atoms with Crippen molar-refractivity contribution in [3.05, 3.63) is 34.0 Å². The normalized spacial score (nSPS) is 10.2. The van der Waals surface area contributed by atoms with Gasteiger partial charge in [-0.1, -0.05) is 22.0 Å². The molecule has 18 heavy (non-hydrogen) atoms. The molecule has 2 rings (SSSR count). The largest absolute Gasteiger partial charge is 0.464 e. The lowest BCUT2D eigenvalue weighted by molar-refractivity contribution is 0.303. The van der Waals surface area contributed by atoms with Crippen LogP contribution in [-0.2, 0) is 0 Å². The van der Waals surface area contributed by atoms with E-state index >= 15 is 0 Å². The van der Waals surface area contributed by atoms with Crippen molar-refractivity contribution < 1.29 is 9.47 Å². The Balaban J connectivity index is 2.23. The van der Waals surface area contributed by atoms with Crippen molar-refractivity contribution in [3.8, 4) is 17.8 Å². The zero-order valence-corrected chi connectivity index (χ0v) is 11.8. The van der Waals surface area contributed by atoms with Crippen molar-refractivity contribution in [1.82, 2.24) is 15.0 Å². The summed E-state index contributed by atoms with van der Waals surface area (Å²) in [7, 11) is 0. The van der Waals surface area contributed by atoms with E-state index in [1.165, 1.54) is 0 Å². The van der Waals surface area contributed by atoms with Crippen molar-refractivity contribution in [2.75, 3.05) is 6.61 Å². The smallest absolute Gasteiger partial charge is 0.329 e. The first-order valence-corrected chi connectivity index (χ1v) is 6.32. The summed E-state index contributed by atoms with van der Waals surface area (Å²) >= 11 is 9.10. The maximum atomic E-state index is 5.75. The number of nitrogens with zero attached hydrogens (tertiary/aromatic N) is 3. The molecule has 0 saturated carbocycles. The van der Waals surface area contributed by atoms with Crippen LogP contribution < -0.4 is 9.47 Å². The average Bonchev–Trinajstić information content (AvgIpc) is 2.28. The number of benzene rings is 1. The summed E-state index contributed by atoms with van der Waals surface area (Å²) in [6, 6.07) is 7.53. The monoisotopic (exact) mass is 329 g/mol. The molecule has 0 unspecified atom stereocenters. The van der Waals surface area contributed by atoms with Crippen LogP contribution in [0.4, 0.5) is 0 Å². The highest BCUT2D eigenvalue weighted by Gasteiger charge is 2.08. The second-order valence-electron chi connectivity index (χ2n) is 3.16. The lowest BCUT2D eigenvalue weighted by Gasteiger charge is -2.06. The maximum absolute atomic E-state index is 5.75. The molecule has 0 N–H and O–H groups in total. The summed E-state index contributed by atoms with van der Waals surface area (Å²) in [6.07, 6.45) is 0. The minimum Gasteiger partial charge on any atom is -0.464 e. The van der Waals surface area contributed by atoms with Crippen LogP contribution in [-0.4, -0.2) is 21.6 Å². The van der Waals surface area contributed by atoms with Gasteiger partial charge in [0.2, 0.25) is 5.28 Å². The number of hydrogen-bond donors (Lipinski definition) is 0. The van der Waals surface area contributed by atoms with Gasteiger partial charge in [0.15, 0.2) is 0 Å². The molecule has 0 amide bonds. The van der Waals surface area contributed by atoms with Crippen LogP contribution in [0.5, 0.6) is 17.8 Å². The third kappa shape index (κ3) is 3.54. The quantitative estimate of drug-likeness (QED) is 0.859. The Morgan fingerprint density at radius 2 is 2.00 bits per heavy atom. The van der Waals surface area contributed by atoms with Crippen molar-refractivity contribution in [2.45, 2.75) is 6.92 Å². The van der Waals surface area contributed by atoms with Gasteiger partial charge in [-0.25, -0.2) is 0 Å². The van der Waals surface area contributed by atoms with Crippen LogP contribution in [0.15, 0.2) is 28.7 Å². The molecule has 1 heterocycles. The van der Waals surface area contributed by atoms with E-state index in [2.05, 4.69) is 30.9 Å². The second-order valence-corrected chi connectivity index (χ2v) is 4.42. The molecule has 0 aliphatic carbocycles. The molecule has 0 spiro atoms. The van der Waals surface area contributed by atoms with E-state index in [0.29, 0.717) is 12.4 Å². The van der Waals surface area contributed by atoms with Gasteiger partial charge >= 0.3 is 12.0 Å². The van der Waals surface area contributed by atoms with E-state index < -0.39 is 0 Å². The maximum Gasteiger partial charge on any atom is 0.329 e. The lowest BCUT2D eigenvalue weighted by atomic mass is 10.3. The summed E-state index contributed by atoms with van der Waals surface area (Å²) in [4.78, 5) is 11.7. The molecule has 7 heteroatoms. The van der Waals surface area contributed by atoms with Gasteiger partial charge < -0.3 is 9.47 Å². The zero-order chi connectivity index (χ0) is 13.0. The van der Waals surface area contributed by atoms with Gasteiger partial charge in [0.25, 0.3) is 0 Å². The van der Waals surface area contributed by atoms with Crippen molar-refractivity contribution >= 4 is 27.5 Å². The fourth-order valence-corrected chi connectivity index (χ4v) is 1.71. The number of hydrogen-bond acceptors (Lipinski definition) is 5.